The van der Waals surface area contributed by atoms with Crippen LogP contribution in [0.15, 0.2) is 47.4 Å². The van der Waals surface area contributed by atoms with Gasteiger partial charge in [0.2, 0.25) is 0 Å². The average molecular weight is 321 g/mol. The van der Waals surface area contributed by atoms with E-state index in [0.717, 1.165) is 23.4 Å². The highest BCUT2D eigenvalue weighted by molar-refractivity contribution is 7.95. The van der Waals surface area contributed by atoms with E-state index >= 15 is 0 Å². The quantitative estimate of drug-likeness (QED) is 0.624. The summed E-state index contributed by atoms with van der Waals surface area (Å²) in [4.78, 5) is 12.0. The van der Waals surface area contributed by atoms with Gasteiger partial charge in [-0.05, 0) is 42.8 Å². The molecule has 0 aliphatic carbocycles. The first-order valence-corrected chi connectivity index (χ1v) is 7.53. The summed E-state index contributed by atoms with van der Waals surface area (Å²) in [6.07, 6.45) is 1.14. The molecule has 2 N–H and O–H groups in total. The van der Waals surface area contributed by atoms with Crippen molar-refractivity contribution < 1.29 is 18.1 Å². The third-order valence-electron chi connectivity index (χ3n) is 2.69. The van der Waals surface area contributed by atoms with Gasteiger partial charge in [0.25, 0.3) is 0 Å². The fourth-order valence-corrected chi connectivity index (χ4v) is 2.15. The molecule has 4 nitrogen and oxygen atoms in total. The minimum Gasteiger partial charge on any atom is -0.454 e. The Labute approximate surface area is 132 Å². The third kappa shape index (κ3) is 4.66. The number of rotatable bonds is 6. The molecule has 0 unspecified atom stereocenters. The Balaban J connectivity index is 1.95. The summed E-state index contributed by atoms with van der Waals surface area (Å²) in [6, 6.07) is 11.0. The predicted octanol–water partition coefficient (Wildman–Crippen LogP) is 4.55. The fourth-order valence-electron chi connectivity index (χ4n) is 1.63. The van der Waals surface area contributed by atoms with Gasteiger partial charge in [-0.3, -0.25) is 4.79 Å². The molecule has 0 aliphatic rings. The maximum absolute atomic E-state index is 13.6. The number of carbonyl (C=O) groups is 1. The Hall–Kier alpha value is -2.21. The van der Waals surface area contributed by atoms with E-state index in [9.17, 15) is 9.18 Å². The van der Waals surface area contributed by atoms with Gasteiger partial charge in [0.15, 0.2) is 11.6 Å². The van der Waals surface area contributed by atoms with E-state index in [1.165, 1.54) is 12.1 Å². The molecule has 6 heteroatoms. The summed E-state index contributed by atoms with van der Waals surface area (Å²) in [5.74, 6) is -0.194. The minimum absolute atomic E-state index is 0.101. The van der Waals surface area contributed by atoms with Gasteiger partial charge in [-0.2, -0.15) is 0 Å². The van der Waals surface area contributed by atoms with E-state index in [1.807, 2.05) is 6.92 Å². The fraction of sp³-hybridized carbons (Fsp3) is 0.188. The normalized spacial score (nSPS) is 10.3. The molecule has 0 bridgehead atoms. The number of hydrogen-bond acceptors (Lipinski definition) is 5. The first-order chi connectivity index (χ1) is 10.6. The highest BCUT2D eigenvalue weighted by Crippen LogP contribution is 2.28. The van der Waals surface area contributed by atoms with E-state index in [0.29, 0.717) is 17.9 Å². The lowest BCUT2D eigenvalue weighted by Crippen LogP contribution is -1.96. The molecule has 0 heterocycles. The van der Waals surface area contributed by atoms with E-state index < -0.39 is 5.82 Å². The molecule has 0 radical (unpaired) electrons. The monoisotopic (exact) mass is 321 g/mol. The highest BCUT2D eigenvalue weighted by atomic mass is 32.2. The number of benzene rings is 2. The van der Waals surface area contributed by atoms with Gasteiger partial charge in [0, 0.05) is 23.1 Å². The number of halogens is 1. The predicted molar refractivity (Wildman–Crippen MR) is 84.2 cm³/mol. The van der Waals surface area contributed by atoms with Crippen LogP contribution in [0.25, 0.3) is 0 Å². The molecule has 0 atom stereocenters. The zero-order chi connectivity index (χ0) is 15.9. The average Bonchev–Trinajstić information content (AvgIpc) is 2.50. The van der Waals surface area contributed by atoms with Gasteiger partial charge in [-0.1, -0.05) is 6.92 Å². The van der Waals surface area contributed by atoms with E-state index in [1.54, 1.807) is 30.3 Å². The molecule has 0 saturated heterocycles. The van der Waals surface area contributed by atoms with Crippen LogP contribution in [0, 0.1) is 5.82 Å². The Bertz CT molecular complexity index is 646. The second kappa shape index (κ2) is 7.70. The molecule has 0 aliphatic heterocycles. The zero-order valence-electron chi connectivity index (χ0n) is 12.0. The van der Waals surface area contributed by atoms with Crippen LogP contribution < -0.4 is 10.5 Å². The maximum Gasteiger partial charge on any atom is 0.318 e. The molecule has 0 fully saturated rings. The van der Waals surface area contributed by atoms with Crippen LogP contribution in [0.1, 0.15) is 19.8 Å². The van der Waals surface area contributed by atoms with Crippen molar-refractivity contribution >= 4 is 23.7 Å². The summed E-state index contributed by atoms with van der Waals surface area (Å²) in [7, 11) is 0. The van der Waals surface area contributed by atoms with Gasteiger partial charge < -0.3 is 14.7 Å². The molecule has 2 aromatic carbocycles. The van der Waals surface area contributed by atoms with E-state index in [2.05, 4.69) is 0 Å². The van der Waals surface area contributed by atoms with Crippen molar-refractivity contribution in [3.05, 3.63) is 48.3 Å². The van der Waals surface area contributed by atoms with E-state index in [4.69, 9.17) is 14.7 Å². The summed E-state index contributed by atoms with van der Waals surface area (Å²) >= 11 is 0.993. The van der Waals surface area contributed by atoms with Crippen LogP contribution in [0.4, 0.5) is 10.1 Å². The largest absolute Gasteiger partial charge is 0.454 e. The highest BCUT2D eigenvalue weighted by Gasteiger charge is 2.07. The van der Waals surface area contributed by atoms with Gasteiger partial charge in [-0.25, -0.2) is 4.39 Å². The smallest absolute Gasteiger partial charge is 0.318 e. The Kier molecular flexibility index (Phi) is 5.66. The summed E-state index contributed by atoms with van der Waals surface area (Å²) in [6.45, 7) is 1.91. The van der Waals surface area contributed by atoms with Crippen LogP contribution in [-0.2, 0) is 8.98 Å². The van der Waals surface area contributed by atoms with Crippen LogP contribution in [0.2, 0.25) is 0 Å². The summed E-state index contributed by atoms with van der Waals surface area (Å²) in [5.41, 5.74) is 5.82. The van der Waals surface area contributed by atoms with Gasteiger partial charge in [-0.15, -0.1) is 0 Å². The standard InChI is InChI=1S/C16H16FNO3S/c1-2-3-16(19)21-22-13-7-5-12(6-8-13)20-15-9-4-11(18)10-14(15)17/h4-10H,2-3,18H2,1H3. The Morgan fingerprint density at radius 3 is 2.59 bits per heavy atom. The van der Waals surface area contributed by atoms with Crippen molar-refractivity contribution in [2.45, 2.75) is 24.7 Å². The number of hydrogen-bond donors (Lipinski definition) is 1. The van der Waals surface area contributed by atoms with Crippen molar-refractivity contribution in [1.29, 1.82) is 0 Å². The molecule has 0 spiro atoms. The van der Waals surface area contributed by atoms with Crippen molar-refractivity contribution in [3.8, 4) is 11.5 Å². The molecular weight excluding hydrogens is 305 g/mol. The Morgan fingerprint density at radius 1 is 1.23 bits per heavy atom. The first kappa shape index (κ1) is 16.2. The third-order valence-corrected chi connectivity index (χ3v) is 3.43. The van der Waals surface area contributed by atoms with Gasteiger partial charge >= 0.3 is 5.97 Å². The molecular formula is C16H16FNO3S. The maximum atomic E-state index is 13.6. The molecule has 0 saturated carbocycles. The number of nitrogens with two attached hydrogens (primary N) is 1. The van der Waals surface area contributed by atoms with Crippen LogP contribution in [0.5, 0.6) is 11.5 Å². The first-order valence-electron chi connectivity index (χ1n) is 6.79. The summed E-state index contributed by atoms with van der Waals surface area (Å²) < 4.78 is 24.1. The van der Waals surface area contributed by atoms with Crippen LogP contribution in [-0.4, -0.2) is 5.97 Å². The molecule has 0 aromatic heterocycles. The van der Waals surface area contributed by atoms with Crippen molar-refractivity contribution in [1.82, 2.24) is 0 Å². The lowest BCUT2D eigenvalue weighted by molar-refractivity contribution is -0.133. The summed E-state index contributed by atoms with van der Waals surface area (Å²) in [5, 5.41) is 0. The van der Waals surface area contributed by atoms with Crippen LogP contribution >= 0.6 is 12.0 Å². The van der Waals surface area contributed by atoms with Crippen molar-refractivity contribution in [3.63, 3.8) is 0 Å². The molecule has 0 amide bonds. The van der Waals surface area contributed by atoms with Gasteiger partial charge in [0.1, 0.15) is 5.75 Å². The van der Waals surface area contributed by atoms with Crippen molar-refractivity contribution in [2.75, 3.05) is 5.73 Å². The minimum atomic E-state index is -0.521. The lowest BCUT2D eigenvalue weighted by atomic mass is 10.3. The second-order valence-corrected chi connectivity index (χ2v) is 5.36. The zero-order valence-corrected chi connectivity index (χ0v) is 12.9. The second-order valence-electron chi connectivity index (χ2n) is 4.55. The SMILES string of the molecule is CCCC(=O)OSc1ccc(Oc2ccc(N)cc2F)cc1. The molecule has 2 aromatic rings. The molecule has 2 rings (SSSR count). The van der Waals surface area contributed by atoms with Crippen LogP contribution in [0.3, 0.4) is 0 Å². The number of carbonyl (C=O) groups excluding carboxylic acids is 1. The van der Waals surface area contributed by atoms with Crippen molar-refractivity contribution in [2.24, 2.45) is 0 Å². The topological polar surface area (TPSA) is 61.5 Å². The molecule has 22 heavy (non-hydrogen) atoms. The van der Waals surface area contributed by atoms with E-state index in [-0.39, 0.29) is 11.7 Å². The number of nitrogen functional groups attached to an aromatic ring is 1. The molecule has 116 valence electrons. The number of anilines is 1. The Morgan fingerprint density at radius 2 is 1.95 bits per heavy atom. The van der Waals surface area contributed by atoms with Gasteiger partial charge in [0.05, 0.1) is 12.0 Å². The number of ether oxygens (including phenoxy) is 1. The lowest BCUT2D eigenvalue weighted by Gasteiger charge is -2.08.